The summed E-state index contributed by atoms with van der Waals surface area (Å²) in [6.07, 6.45) is 1.98. The molecule has 4 nitrogen and oxygen atoms in total. The molecule has 2 aliphatic rings. The maximum atomic E-state index is 13.0. The summed E-state index contributed by atoms with van der Waals surface area (Å²) in [4.78, 5) is 27.8. The molecule has 1 aromatic rings. The molecular formula is C15H16ClFN2O2. The van der Waals surface area contributed by atoms with Crippen LogP contribution in [0.4, 0.5) is 4.39 Å². The monoisotopic (exact) mass is 310 g/mol. The number of hydrogen-bond acceptors (Lipinski definition) is 2. The molecule has 1 saturated carbocycles. The van der Waals surface area contributed by atoms with Crippen molar-refractivity contribution in [1.29, 1.82) is 0 Å². The van der Waals surface area contributed by atoms with Gasteiger partial charge < -0.3 is 9.80 Å². The van der Waals surface area contributed by atoms with Gasteiger partial charge in [-0.1, -0.05) is 11.6 Å². The molecule has 0 unspecified atom stereocenters. The first-order valence-corrected chi connectivity index (χ1v) is 7.47. The first kappa shape index (κ1) is 14.3. The second kappa shape index (κ2) is 5.64. The van der Waals surface area contributed by atoms with Crippen molar-refractivity contribution in [2.24, 2.45) is 5.92 Å². The van der Waals surface area contributed by atoms with E-state index >= 15 is 0 Å². The Hall–Kier alpha value is -1.62. The highest BCUT2D eigenvalue weighted by Gasteiger charge is 2.35. The van der Waals surface area contributed by atoms with E-state index in [0.29, 0.717) is 31.7 Å². The van der Waals surface area contributed by atoms with Crippen molar-refractivity contribution in [2.45, 2.75) is 12.8 Å². The maximum Gasteiger partial charge on any atom is 0.255 e. The number of nitrogens with zero attached hydrogens (tertiary/aromatic N) is 2. The molecule has 2 fully saturated rings. The highest BCUT2D eigenvalue weighted by atomic mass is 35.5. The van der Waals surface area contributed by atoms with Crippen molar-refractivity contribution in [3.8, 4) is 0 Å². The van der Waals surface area contributed by atoms with Crippen molar-refractivity contribution in [3.05, 3.63) is 34.6 Å². The quantitative estimate of drug-likeness (QED) is 0.840. The highest BCUT2D eigenvalue weighted by Crippen LogP contribution is 2.31. The van der Waals surface area contributed by atoms with E-state index in [1.54, 1.807) is 4.90 Å². The van der Waals surface area contributed by atoms with Gasteiger partial charge in [0.15, 0.2) is 0 Å². The molecule has 2 amide bonds. The molecule has 6 heteroatoms. The van der Waals surface area contributed by atoms with Crippen LogP contribution in [0.3, 0.4) is 0 Å². The summed E-state index contributed by atoms with van der Waals surface area (Å²) in [6.45, 7) is 2.09. The minimum atomic E-state index is -0.462. The first-order valence-electron chi connectivity index (χ1n) is 7.09. The third-order valence-electron chi connectivity index (χ3n) is 3.97. The Morgan fingerprint density at radius 1 is 1.10 bits per heavy atom. The number of benzene rings is 1. The van der Waals surface area contributed by atoms with E-state index in [1.807, 2.05) is 4.90 Å². The number of carbonyl (C=O) groups excluding carboxylic acids is 2. The summed E-state index contributed by atoms with van der Waals surface area (Å²) >= 11 is 5.92. The van der Waals surface area contributed by atoms with Gasteiger partial charge in [-0.15, -0.1) is 0 Å². The molecule has 1 saturated heterocycles. The van der Waals surface area contributed by atoms with Crippen molar-refractivity contribution < 1.29 is 14.0 Å². The Kier molecular flexibility index (Phi) is 3.85. The van der Waals surface area contributed by atoms with Gasteiger partial charge in [0.25, 0.3) is 5.91 Å². The SMILES string of the molecule is O=C(c1ccc(F)cc1Cl)N1CCN(C(=O)C2CC2)CC1. The zero-order valence-electron chi connectivity index (χ0n) is 11.5. The molecule has 1 aromatic carbocycles. The summed E-state index contributed by atoms with van der Waals surface area (Å²) < 4.78 is 13.0. The molecule has 1 aliphatic heterocycles. The Morgan fingerprint density at radius 2 is 1.71 bits per heavy atom. The normalized spacial score (nSPS) is 18.8. The van der Waals surface area contributed by atoms with Crippen molar-refractivity contribution in [3.63, 3.8) is 0 Å². The molecule has 1 aliphatic carbocycles. The van der Waals surface area contributed by atoms with Gasteiger partial charge in [-0.25, -0.2) is 4.39 Å². The predicted molar refractivity (Wildman–Crippen MR) is 76.6 cm³/mol. The maximum absolute atomic E-state index is 13.0. The molecule has 0 spiro atoms. The smallest absolute Gasteiger partial charge is 0.255 e. The lowest BCUT2D eigenvalue weighted by Gasteiger charge is -2.35. The zero-order chi connectivity index (χ0) is 15.0. The van der Waals surface area contributed by atoms with Crippen LogP contribution in [0.15, 0.2) is 18.2 Å². The molecule has 21 heavy (non-hydrogen) atoms. The fourth-order valence-electron chi connectivity index (χ4n) is 2.55. The van der Waals surface area contributed by atoms with Gasteiger partial charge in [-0.3, -0.25) is 9.59 Å². The Balaban J connectivity index is 1.63. The van der Waals surface area contributed by atoms with Gasteiger partial charge in [0.2, 0.25) is 5.91 Å². The van der Waals surface area contributed by atoms with E-state index < -0.39 is 5.82 Å². The largest absolute Gasteiger partial charge is 0.339 e. The lowest BCUT2D eigenvalue weighted by Crippen LogP contribution is -2.51. The van der Waals surface area contributed by atoms with Gasteiger partial charge in [-0.2, -0.15) is 0 Å². The number of halogens is 2. The van der Waals surface area contributed by atoms with Crippen LogP contribution in [0.2, 0.25) is 5.02 Å². The summed E-state index contributed by atoms with van der Waals surface area (Å²) in [5.74, 6) is -0.254. The predicted octanol–water partition coefficient (Wildman–Crippen LogP) is 2.17. The van der Waals surface area contributed by atoms with Gasteiger partial charge in [0.05, 0.1) is 10.6 Å². The second-order valence-electron chi connectivity index (χ2n) is 5.52. The van der Waals surface area contributed by atoms with Gasteiger partial charge >= 0.3 is 0 Å². The van der Waals surface area contributed by atoms with Crippen molar-refractivity contribution >= 4 is 23.4 Å². The van der Waals surface area contributed by atoms with Crippen LogP contribution in [0.25, 0.3) is 0 Å². The lowest BCUT2D eigenvalue weighted by atomic mass is 10.1. The Labute approximate surface area is 127 Å². The van der Waals surface area contributed by atoms with Crippen molar-refractivity contribution in [1.82, 2.24) is 9.80 Å². The molecule has 0 aromatic heterocycles. The number of amides is 2. The van der Waals surface area contributed by atoms with Gasteiger partial charge in [0.1, 0.15) is 5.82 Å². The van der Waals surface area contributed by atoms with E-state index in [9.17, 15) is 14.0 Å². The summed E-state index contributed by atoms with van der Waals surface area (Å²) in [7, 11) is 0. The lowest BCUT2D eigenvalue weighted by molar-refractivity contribution is -0.134. The number of rotatable bonds is 2. The molecule has 0 atom stereocenters. The van der Waals surface area contributed by atoms with Crippen LogP contribution in [-0.4, -0.2) is 47.8 Å². The van der Waals surface area contributed by atoms with Crippen LogP contribution < -0.4 is 0 Å². The number of hydrogen-bond donors (Lipinski definition) is 0. The molecule has 0 bridgehead atoms. The van der Waals surface area contributed by atoms with E-state index in [-0.39, 0.29) is 22.8 Å². The molecular weight excluding hydrogens is 295 g/mol. The van der Waals surface area contributed by atoms with Gasteiger partial charge in [0, 0.05) is 32.1 Å². The Morgan fingerprint density at radius 3 is 2.29 bits per heavy atom. The summed E-state index contributed by atoms with van der Waals surface area (Å²) in [5, 5.41) is 0.122. The highest BCUT2D eigenvalue weighted by molar-refractivity contribution is 6.33. The van der Waals surface area contributed by atoms with Crippen LogP contribution in [0, 0.1) is 11.7 Å². The van der Waals surface area contributed by atoms with Gasteiger partial charge in [-0.05, 0) is 31.0 Å². The van der Waals surface area contributed by atoms with Crippen LogP contribution in [0.5, 0.6) is 0 Å². The molecule has 3 rings (SSSR count). The summed E-state index contributed by atoms with van der Waals surface area (Å²) in [6, 6.07) is 3.77. The standard InChI is InChI=1S/C15H16ClFN2O2/c16-13-9-11(17)3-4-12(13)15(21)19-7-5-18(6-8-19)14(20)10-1-2-10/h3-4,9-10H,1-2,5-8H2. The zero-order valence-corrected chi connectivity index (χ0v) is 12.3. The minimum absolute atomic E-state index is 0.122. The van der Waals surface area contributed by atoms with Crippen molar-refractivity contribution in [2.75, 3.05) is 26.2 Å². The first-order chi connectivity index (χ1) is 10.1. The average molecular weight is 311 g/mol. The third kappa shape index (κ3) is 3.02. The van der Waals surface area contributed by atoms with Crippen LogP contribution in [0.1, 0.15) is 23.2 Å². The topological polar surface area (TPSA) is 40.6 Å². The van der Waals surface area contributed by atoms with Crippen LogP contribution >= 0.6 is 11.6 Å². The third-order valence-corrected chi connectivity index (χ3v) is 4.28. The van der Waals surface area contributed by atoms with E-state index in [2.05, 4.69) is 0 Å². The Bertz CT molecular complexity index is 581. The fraction of sp³-hybridized carbons (Fsp3) is 0.467. The molecule has 0 radical (unpaired) electrons. The number of carbonyl (C=O) groups is 2. The second-order valence-corrected chi connectivity index (χ2v) is 5.92. The number of piperazine rings is 1. The minimum Gasteiger partial charge on any atom is -0.339 e. The van der Waals surface area contributed by atoms with Crippen LogP contribution in [-0.2, 0) is 4.79 Å². The van der Waals surface area contributed by atoms with E-state index in [1.165, 1.54) is 12.1 Å². The molecule has 0 N–H and O–H groups in total. The fourth-order valence-corrected chi connectivity index (χ4v) is 2.80. The molecule has 112 valence electrons. The summed E-state index contributed by atoms with van der Waals surface area (Å²) in [5.41, 5.74) is 0.306. The van der Waals surface area contributed by atoms with E-state index in [4.69, 9.17) is 11.6 Å². The van der Waals surface area contributed by atoms with E-state index in [0.717, 1.165) is 18.9 Å². The average Bonchev–Trinajstić information content (AvgIpc) is 3.31. The molecule has 1 heterocycles.